The van der Waals surface area contributed by atoms with Gasteiger partial charge in [0, 0.05) is 36.0 Å². The zero-order chi connectivity index (χ0) is 21.3. The van der Waals surface area contributed by atoms with Gasteiger partial charge >= 0.3 is 10.2 Å². The lowest BCUT2D eigenvalue weighted by Gasteiger charge is -2.38. The van der Waals surface area contributed by atoms with Crippen LogP contribution in [0.2, 0.25) is 0 Å². The maximum Gasteiger partial charge on any atom is 0.305 e. The van der Waals surface area contributed by atoms with Crippen molar-refractivity contribution in [3.63, 3.8) is 0 Å². The van der Waals surface area contributed by atoms with Crippen LogP contribution < -0.4 is 19.7 Å². The number of benzene rings is 1. The summed E-state index contributed by atoms with van der Waals surface area (Å²) in [5.74, 6) is -0.565. The Kier molecular flexibility index (Phi) is 3.94. The molecule has 0 aliphatic carbocycles. The van der Waals surface area contributed by atoms with Gasteiger partial charge in [0.25, 0.3) is 11.5 Å². The number of carbonyl (C=O) groups excluding carboxylic acids is 1. The van der Waals surface area contributed by atoms with E-state index in [-0.39, 0.29) is 17.0 Å². The van der Waals surface area contributed by atoms with E-state index in [0.29, 0.717) is 31.9 Å². The van der Waals surface area contributed by atoms with E-state index in [2.05, 4.69) is 4.98 Å². The third-order valence-electron chi connectivity index (χ3n) is 5.03. The van der Waals surface area contributed by atoms with E-state index in [1.54, 1.807) is 44.6 Å². The molecule has 1 aromatic carbocycles. The average Bonchev–Trinajstić information content (AvgIpc) is 3.09. The van der Waals surface area contributed by atoms with Crippen LogP contribution in [0.4, 0.5) is 5.69 Å². The molecule has 0 fully saturated rings. The van der Waals surface area contributed by atoms with E-state index < -0.39 is 21.7 Å². The second-order valence-corrected chi connectivity index (χ2v) is 8.95. The van der Waals surface area contributed by atoms with Gasteiger partial charge in [-0.2, -0.15) is 12.7 Å². The van der Waals surface area contributed by atoms with Crippen LogP contribution in [0.25, 0.3) is 22.0 Å². The standard InChI is InChI=1S/C19H20N4O5S/c1-10-5-6-12(13-9-22(4)17(24)14-11(13)7-8-21-14)16-15(10)23(29(20,26)27)18(25)19(2,3)28-16/h5-9,21H,1-4H3,(H2,20,26,27). The van der Waals surface area contributed by atoms with Gasteiger partial charge in [0.1, 0.15) is 11.2 Å². The minimum atomic E-state index is -4.39. The Morgan fingerprint density at radius 1 is 1.14 bits per heavy atom. The van der Waals surface area contributed by atoms with Gasteiger partial charge < -0.3 is 14.3 Å². The third-order valence-corrected chi connectivity index (χ3v) is 5.89. The molecule has 29 heavy (non-hydrogen) atoms. The number of aromatic nitrogens is 2. The fraction of sp³-hybridized carbons (Fsp3) is 0.263. The van der Waals surface area contributed by atoms with Gasteiger partial charge in [-0.15, -0.1) is 0 Å². The third kappa shape index (κ3) is 2.75. The summed E-state index contributed by atoms with van der Waals surface area (Å²) in [4.78, 5) is 28.1. The monoisotopic (exact) mass is 416 g/mol. The van der Waals surface area contributed by atoms with Gasteiger partial charge in [-0.05, 0) is 32.4 Å². The molecule has 10 heteroatoms. The number of amides is 1. The molecule has 0 bridgehead atoms. The van der Waals surface area contributed by atoms with Crippen molar-refractivity contribution in [3.05, 3.63) is 46.5 Å². The molecule has 0 saturated carbocycles. The molecule has 1 amide bonds. The number of aromatic amines is 1. The van der Waals surface area contributed by atoms with Crippen LogP contribution in [0.3, 0.4) is 0 Å². The number of nitrogens with one attached hydrogen (secondary N) is 1. The Labute approximate surface area is 166 Å². The number of H-pyrrole nitrogens is 1. The average molecular weight is 416 g/mol. The molecule has 3 aromatic rings. The number of anilines is 1. The van der Waals surface area contributed by atoms with Crippen molar-refractivity contribution in [1.82, 2.24) is 9.55 Å². The molecular formula is C19H20N4O5S. The summed E-state index contributed by atoms with van der Waals surface area (Å²) in [6.45, 7) is 4.63. The topological polar surface area (TPSA) is 127 Å². The van der Waals surface area contributed by atoms with Crippen LogP contribution in [0, 0.1) is 6.92 Å². The number of pyridine rings is 1. The number of aryl methyl sites for hydroxylation is 2. The summed E-state index contributed by atoms with van der Waals surface area (Å²) >= 11 is 0. The predicted molar refractivity (Wildman–Crippen MR) is 109 cm³/mol. The first-order valence-electron chi connectivity index (χ1n) is 8.80. The van der Waals surface area contributed by atoms with Crippen LogP contribution in [-0.4, -0.2) is 29.5 Å². The van der Waals surface area contributed by atoms with Crippen LogP contribution in [0.5, 0.6) is 5.75 Å². The molecule has 2 aromatic heterocycles. The summed E-state index contributed by atoms with van der Waals surface area (Å²) in [7, 11) is -2.76. The Balaban J connectivity index is 2.13. The Morgan fingerprint density at radius 2 is 1.83 bits per heavy atom. The molecule has 3 N–H and O–H groups in total. The van der Waals surface area contributed by atoms with Crippen molar-refractivity contribution in [2.24, 2.45) is 12.2 Å². The summed E-state index contributed by atoms with van der Waals surface area (Å²) in [5.41, 5.74) is 0.536. The quantitative estimate of drug-likeness (QED) is 0.655. The van der Waals surface area contributed by atoms with Crippen LogP contribution >= 0.6 is 0 Å². The normalized spacial score (nSPS) is 16.0. The zero-order valence-electron chi connectivity index (χ0n) is 16.3. The summed E-state index contributed by atoms with van der Waals surface area (Å²) in [5, 5.41) is 6.04. The zero-order valence-corrected chi connectivity index (χ0v) is 17.1. The minimum Gasteiger partial charge on any atom is -0.475 e. The van der Waals surface area contributed by atoms with Gasteiger partial charge in [-0.3, -0.25) is 9.59 Å². The Morgan fingerprint density at radius 3 is 2.48 bits per heavy atom. The lowest BCUT2D eigenvalue weighted by molar-refractivity contribution is -0.131. The van der Waals surface area contributed by atoms with E-state index in [1.807, 2.05) is 0 Å². The second-order valence-electron chi connectivity index (χ2n) is 7.56. The van der Waals surface area contributed by atoms with E-state index in [0.717, 1.165) is 0 Å². The summed E-state index contributed by atoms with van der Waals surface area (Å²) in [6, 6.07) is 5.22. The van der Waals surface area contributed by atoms with Crippen LogP contribution in [0.1, 0.15) is 19.4 Å². The molecule has 1 aliphatic heterocycles. The second kappa shape index (κ2) is 5.94. The number of fused-ring (bicyclic) bond motifs is 2. The maximum absolute atomic E-state index is 12.8. The molecule has 4 rings (SSSR count). The molecule has 152 valence electrons. The van der Waals surface area contributed by atoms with Gasteiger partial charge in [0.05, 0.1) is 0 Å². The first kappa shape index (κ1) is 19.2. The number of nitrogens with zero attached hydrogens (tertiary/aromatic N) is 2. The lowest BCUT2D eigenvalue weighted by Crippen LogP contribution is -2.56. The van der Waals surface area contributed by atoms with Gasteiger partial charge in [-0.1, -0.05) is 12.1 Å². The number of hydrogen-bond donors (Lipinski definition) is 2. The first-order chi connectivity index (χ1) is 13.4. The maximum atomic E-state index is 12.8. The lowest BCUT2D eigenvalue weighted by atomic mass is 9.96. The SMILES string of the molecule is Cc1ccc(-c2cn(C)c(=O)c3[nH]ccc23)c2c1N(S(N)(=O)=O)C(=O)C(C)(C)O2. The van der Waals surface area contributed by atoms with Crippen molar-refractivity contribution in [1.29, 1.82) is 0 Å². The van der Waals surface area contributed by atoms with Crippen LogP contribution in [0.15, 0.2) is 35.4 Å². The number of rotatable bonds is 2. The number of hydrogen-bond acceptors (Lipinski definition) is 5. The molecule has 9 nitrogen and oxygen atoms in total. The largest absolute Gasteiger partial charge is 0.475 e. The highest BCUT2D eigenvalue weighted by Gasteiger charge is 2.47. The van der Waals surface area contributed by atoms with E-state index in [9.17, 15) is 18.0 Å². The molecular weight excluding hydrogens is 396 g/mol. The first-order valence-corrected chi connectivity index (χ1v) is 10.3. The molecule has 0 saturated heterocycles. The molecule has 1 aliphatic rings. The molecule has 0 spiro atoms. The summed E-state index contributed by atoms with van der Waals surface area (Å²) < 4.78 is 32.6. The van der Waals surface area contributed by atoms with Crippen molar-refractivity contribution >= 4 is 32.7 Å². The fourth-order valence-electron chi connectivity index (χ4n) is 3.61. The van der Waals surface area contributed by atoms with Crippen molar-refractivity contribution in [3.8, 4) is 16.9 Å². The van der Waals surface area contributed by atoms with E-state index in [4.69, 9.17) is 9.88 Å². The molecule has 0 radical (unpaired) electrons. The Bertz CT molecular complexity index is 1350. The molecule has 0 atom stereocenters. The fourth-order valence-corrected chi connectivity index (χ4v) is 4.54. The highest BCUT2D eigenvalue weighted by molar-refractivity contribution is 7.91. The van der Waals surface area contributed by atoms with E-state index >= 15 is 0 Å². The number of ether oxygens (including phenoxy) is 1. The molecule has 3 heterocycles. The van der Waals surface area contributed by atoms with Gasteiger partial charge in [0.15, 0.2) is 11.4 Å². The number of nitrogens with two attached hydrogens (primary N) is 1. The van der Waals surface area contributed by atoms with Crippen LogP contribution in [-0.2, 0) is 22.1 Å². The highest BCUT2D eigenvalue weighted by atomic mass is 32.2. The summed E-state index contributed by atoms with van der Waals surface area (Å²) in [6.07, 6.45) is 3.30. The minimum absolute atomic E-state index is 0.0758. The van der Waals surface area contributed by atoms with E-state index in [1.165, 1.54) is 18.4 Å². The van der Waals surface area contributed by atoms with Crippen molar-refractivity contribution in [2.75, 3.05) is 4.31 Å². The molecule has 0 unspecified atom stereocenters. The van der Waals surface area contributed by atoms with Gasteiger partial charge in [-0.25, -0.2) is 5.14 Å². The van der Waals surface area contributed by atoms with Crippen molar-refractivity contribution in [2.45, 2.75) is 26.4 Å². The Hall–Kier alpha value is -3.11. The van der Waals surface area contributed by atoms with Crippen molar-refractivity contribution < 1.29 is 17.9 Å². The number of carbonyl (C=O) groups is 1. The predicted octanol–water partition coefficient (Wildman–Crippen LogP) is 1.55. The highest BCUT2D eigenvalue weighted by Crippen LogP contribution is 2.48. The van der Waals surface area contributed by atoms with Gasteiger partial charge in [0.2, 0.25) is 0 Å². The smallest absolute Gasteiger partial charge is 0.305 e.